The van der Waals surface area contributed by atoms with Crippen molar-refractivity contribution in [2.45, 2.75) is 0 Å². The van der Waals surface area contributed by atoms with Crippen molar-refractivity contribution >= 4 is 38.6 Å². The molecule has 0 unspecified atom stereocenters. The Balaban J connectivity index is 1.86. The van der Waals surface area contributed by atoms with Crippen LogP contribution in [0.2, 0.25) is 5.02 Å². The van der Waals surface area contributed by atoms with Crippen molar-refractivity contribution in [1.29, 1.82) is 0 Å². The summed E-state index contributed by atoms with van der Waals surface area (Å²) in [5.74, 6) is 0.514. The Labute approximate surface area is 185 Å². The zero-order valence-electron chi connectivity index (χ0n) is 15.5. The van der Waals surface area contributed by atoms with Crippen molar-refractivity contribution in [3.8, 4) is 22.8 Å². The highest BCUT2D eigenvalue weighted by Gasteiger charge is 2.18. The van der Waals surface area contributed by atoms with Gasteiger partial charge in [0, 0.05) is 15.1 Å². The Kier molecular flexibility index (Phi) is 4.73. The minimum Gasteiger partial charge on any atom is -0.268 e. The zero-order chi connectivity index (χ0) is 20.7. The Morgan fingerprint density at radius 2 is 1.60 bits per heavy atom. The number of para-hydroxylation sites is 1. The maximum atomic E-state index is 13.6. The van der Waals surface area contributed by atoms with Crippen LogP contribution in [-0.4, -0.2) is 19.3 Å². The van der Waals surface area contributed by atoms with Crippen LogP contribution in [0.25, 0.3) is 33.8 Å². The molecule has 30 heavy (non-hydrogen) atoms. The van der Waals surface area contributed by atoms with E-state index in [4.69, 9.17) is 16.6 Å². The van der Waals surface area contributed by atoms with E-state index in [1.54, 1.807) is 27.6 Å². The summed E-state index contributed by atoms with van der Waals surface area (Å²) in [5, 5.41) is 5.41. The standard InChI is InChI=1S/C23H14BrClN4O/c24-16-11-9-15(10-12-16)21-27-22-20(14-26-29(22)18-6-2-1-3-7-18)23(30)28(21)19-8-4-5-17(25)13-19/h1-14H. The highest BCUT2D eigenvalue weighted by molar-refractivity contribution is 9.10. The fourth-order valence-electron chi connectivity index (χ4n) is 3.37. The van der Waals surface area contributed by atoms with Crippen LogP contribution in [0.4, 0.5) is 0 Å². The maximum absolute atomic E-state index is 13.6. The van der Waals surface area contributed by atoms with Gasteiger partial charge in [0.05, 0.1) is 17.6 Å². The van der Waals surface area contributed by atoms with Gasteiger partial charge in [-0.1, -0.05) is 63.9 Å². The Hall–Kier alpha value is -3.22. The molecule has 0 saturated carbocycles. The summed E-state index contributed by atoms with van der Waals surface area (Å²) in [7, 11) is 0. The number of rotatable bonds is 3. The largest absolute Gasteiger partial charge is 0.269 e. The van der Waals surface area contributed by atoms with E-state index < -0.39 is 0 Å². The van der Waals surface area contributed by atoms with E-state index in [1.165, 1.54) is 0 Å². The lowest BCUT2D eigenvalue weighted by molar-refractivity contribution is 0.888. The fraction of sp³-hybridized carbons (Fsp3) is 0. The summed E-state index contributed by atoms with van der Waals surface area (Å²) in [6, 6.07) is 24.5. The van der Waals surface area contributed by atoms with Gasteiger partial charge in [0.1, 0.15) is 11.2 Å². The highest BCUT2D eigenvalue weighted by Crippen LogP contribution is 2.25. The van der Waals surface area contributed by atoms with Crippen LogP contribution < -0.4 is 5.56 Å². The van der Waals surface area contributed by atoms with Gasteiger partial charge in [-0.2, -0.15) is 5.10 Å². The molecule has 0 N–H and O–H groups in total. The van der Waals surface area contributed by atoms with Crippen LogP contribution in [-0.2, 0) is 0 Å². The number of fused-ring (bicyclic) bond motifs is 1. The molecule has 0 fully saturated rings. The van der Waals surface area contributed by atoms with E-state index in [9.17, 15) is 4.79 Å². The normalized spacial score (nSPS) is 11.1. The van der Waals surface area contributed by atoms with Crippen molar-refractivity contribution in [3.05, 3.63) is 105 Å². The average Bonchev–Trinajstić information content (AvgIpc) is 3.19. The summed E-state index contributed by atoms with van der Waals surface area (Å²) in [6.07, 6.45) is 1.56. The van der Waals surface area contributed by atoms with Gasteiger partial charge in [0.2, 0.25) is 0 Å². The van der Waals surface area contributed by atoms with Crippen LogP contribution in [0.3, 0.4) is 0 Å². The summed E-state index contributed by atoms with van der Waals surface area (Å²) >= 11 is 9.67. The number of nitrogens with zero attached hydrogens (tertiary/aromatic N) is 4. The van der Waals surface area contributed by atoms with E-state index in [0.717, 1.165) is 15.7 Å². The van der Waals surface area contributed by atoms with Gasteiger partial charge in [-0.25, -0.2) is 9.67 Å². The molecule has 146 valence electrons. The summed E-state index contributed by atoms with van der Waals surface area (Å²) in [5.41, 5.74) is 2.58. The lowest BCUT2D eigenvalue weighted by atomic mass is 10.2. The quantitative estimate of drug-likeness (QED) is 0.337. The average molecular weight is 478 g/mol. The predicted molar refractivity (Wildman–Crippen MR) is 123 cm³/mol. The molecule has 0 bridgehead atoms. The topological polar surface area (TPSA) is 52.7 Å². The summed E-state index contributed by atoms with van der Waals surface area (Å²) in [4.78, 5) is 18.4. The zero-order valence-corrected chi connectivity index (χ0v) is 17.9. The molecule has 0 amide bonds. The number of hydrogen-bond acceptors (Lipinski definition) is 3. The molecule has 0 saturated heterocycles. The molecule has 0 spiro atoms. The lowest BCUT2D eigenvalue weighted by Crippen LogP contribution is -2.22. The second kappa shape index (κ2) is 7.55. The number of halogens is 2. The molecule has 0 aliphatic heterocycles. The van der Waals surface area contributed by atoms with Crippen molar-refractivity contribution in [2.75, 3.05) is 0 Å². The van der Waals surface area contributed by atoms with Crippen LogP contribution in [0.5, 0.6) is 0 Å². The second-order valence-electron chi connectivity index (χ2n) is 6.69. The molecular formula is C23H14BrClN4O. The van der Waals surface area contributed by atoms with Gasteiger partial charge in [0.25, 0.3) is 5.56 Å². The third-order valence-electron chi connectivity index (χ3n) is 4.77. The van der Waals surface area contributed by atoms with E-state index in [-0.39, 0.29) is 5.56 Å². The van der Waals surface area contributed by atoms with Crippen LogP contribution >= 0.6 is 27.5 Å². The molecule has 0 aliphatic carbocycles. The molecule has 0 aliphatic rings. The Morgan fingerprint density at radius 3 is 2.33 bits per heavy atom. The maximum Gasteiger partial charge on any atom is 0.269 e. The van der Waals surface area contributed by atoms with Crippen LogP contribution in [0.15, 0.2) is 94.3 Å². The first-order valence-electron chi connectivity index (χ1n) is 9.20. The molecule has 3 aromatic carbocycles. The second-order valence-corrected chi connectivity index (χ2v) is 8.04. The van der Waals surface area contributed by atoms with E-state index in [1.807, 2.05) is 66.7 Å². The lowest BCUT2D eigenvalue weighted by Gasteiger charge is -2.14. The monoisotopic (exact) mass is 476 g/mol. The molecule has 7 heteroatoms. The Morgan fingerprint density at radius 1 is 0.867 bits per heavy atom. The smallest absolute Gasteiger partial charge is 0.268 e. The van der Waals surface area contributed by atoms with Gasteiger partial charge >= 0.3 is 0 Å². The van der Waals surface area contributed by atoms with E-state index in [0.29, 0.717) is 27.6 Å². The van der Waals surface area contributed by atoms with Crippen molar-refractivity contribution in [1.82, 2.24) is 19.3 Å². The van der Waals surface area contributed by atoms with Gasteiger partial charge in [0.15, 0.2) is 5.65 Å². The number of benzene rings is 3. The first-order chi connectivity index (χ1) is 14.6. The van der Waals surface area contributed by atoms with Crippen molar-refractivity contribution in [3.63, 3.8) is 0 Å². The molecule has 0 atom stereocenters. The number of hydrogen-bond donors (Lipinski definition) is 0. The minimum atomic E-state index is -0.206. The van der Waals surface area contributed by atoms with Crippen LogP contribution in [0.1, 0.15) is 0 Å². The Bertz CT molecular complexity index is 1430. The fourth-order valence-corrected chi connectivity index (χ4v) is 3.82. The molecule has 2 heterocycles. The van der Waals surface area contributed by atoms with Gasteiger partial charge in [-0.05, 0) is 42.5 Å². The first-order valence-corrected chi connectivity index (χ1v) is 10.4. The van der Waals surface area contributed by atoms with Crippen molar-refractivity contribution < 1.29 is 0 Å². The molecule has 5 nitrogen and oxygen atoms in total. The third kappa shape index (κ3) is 3.24. The van der Waals surface area contributed by atoms with Crippen LogP contribution in [0, 0.1) is 0 Å². The minimum absolute atomic E-state index is 0.206. The third-order valence-corrected chi connectivity index (χ3v) is 5.53. The van der Waals surface area contributed by atoms with Gasteiger partial charge in [-0.15, -0.1) is 0 Å². The van der Waals surface area contributed by atoms with Gasteiger partial charge in [-0.3, -0.25) is 9.36 Å². The molecule has 2 aromatic heterocycles. The van der Waals surface area contributed by atoms with E-state index in [2.05, 4.69) is 21.0 Å². The predicted octanol–water partition coefficient (Wildman–Crippen LogP) is 5.65. The molecule has 0 radical (unpaired) electrons. The number of aromatic nitrogens is 4. The first kappa shape index (κ1) is 18.8. The van der Waals surface area contributed by atoms with Crippen molar-refractivity contribution in [2.24, 2.45) is 0 Å². The highest BCUT2D eigenvalue weighted by atomic mass is 79.9. The summed E-state index contributed by atoms with van der Waals surface area (Å²) in [6.45, 7) is 0. The molecular weight excluding hydrogens is 464 g/mol. The molecule has 5 rings (SSSR count). The van der Waals surface area contributed by atoms with Gasteiger partial charge < -0.3 is 0 Å². The summed E-state index contributed by atoms with van der Waals surface area (Å²) < 4.78 is 4.20. The SMILES string of the molecule is O=c1c2cnn(-c3ccccc3)c2nc(-c2ccc(Br)cc2)n1-c1cccc(Cl)c1. The van der Waals surface area contributed by atoms with E-state index >= 15 is 0 Å². The molecule has 5 aromatic rings.